The van der Waals surface area contributed by atoms with E-state index in [2.05, 4.69) is 10.1 Å². The van der Waals surface area contributed by atoms with Gasteiger partial charge in [-0.05, 0) is 31.2 Å². The van der Waals surface area contributed by atoms with Crippen LogP contribution < -0.4 is 0 Å². The molecule has 0 unspecified atom stereocenters. The number of rotatable bonds is 3. The summed E-state index contributed by atoms with van der Waals surface area (Å²) in [6, 6.07) is 7.38. The Labute approximate surface area is 131 Å². The minimum atomic E-state index is -1.00. The molecule has 2 atom stereocenters. The Balaban J connectivity index is 1.78. The van der Waals surface area contributed by atoms with Gasteiger partial charge in [-0.1, -0.05) is 11.6 Å². The maximum atomic E-state index is 6.03. The van der Waals surface area contributed by atoms with E-state index >= 15 is 0 Å². The maximum absolute atomic E-state index is 6.03. The van der Waals surface area contributed by atoms with E-state index in [1.54, 1.807) is 17.1 Å². The molecule has 1 aromatic carbocycles. The number of halogens is 1. The van der Waals surface area contributed by atoms with E-state index in [1.165, 1.54) is 6.33 Å². The SMILES string of the molecule is C[C@H]1CO[C@@](Cn2cncn2)(c2cc3cc(Cl)ccc3o2)O1. The van der Waals surface area contributed by atoms with E-state index < -0.39 is 5.79 Å². The Morgan fingerprint density at radius 3 is 3.05 bits per heavy atom. The standard InChI is InChI=1S/C15H14ClN3O3/c1-10-6-20-15(22-10,7-19-9-17-8-18-19)14-5-11-4-12(16)2-3-13(11)21-14/h2-5,8-10H,6-7H2,1H3/t10-,15+/m0/s1. The normalized spacial score (nSPS) is 25.1. The molecule has 3 heterocycles. The van der Waals surface area contributed by atoms with Crippen LogP contribution in [0.4, 0.5) is 0 Å². The van der Waals surface area contributed by atoms with Crippen molar-refractivity contribution >= 4 is 22.6 Å². The van der Waals surface area contributed by atoms with Crippen molar-refractivity contribution in [2.45, 2.75) is 25.4 Å². The van der Waals surface area contributed by atoms with Gasteiger partial charge in [0.05, 0.1) is 12.7 Å². The Kier molecular flexibility index (Phi) is 3.18. The fraction of sp³-hybridized carbons (Fsp3) is 0.333. The molecular weight excluding hydrogens is 306 g/mol. The minimum Gasteiger partial charge on any atom is -0.455 e. The van der Waals surface area contributed by atoms with E-state index in [0.717, 1.165) is 11.0 Å². The first-order chi connectivity index (χ1) is 10.6. The third-order valence-electron chi connectivity index (χ3n) is 3.63. The average Bonchev–Trinajstić information content (AvgIpc) is 3.19. The molecule has 0 bridgehead atoms. The van der Waals surface area contributed by atoms with Crippen LogP contribution in [0.1, 0.15) is 12.7 Å². The van der Waals surface area contributed by atoms with Crippen molar-refractivity contribution in [1.82, 2.24) is 14.8 Å². The molecule has 0 radical (unpaired) electrons. The summed E-state index contributed by atoms with van der Waals surface area (Å²) in [6.07, 6.45) is 3.07. The molecule has 1 aliphatic rings. The van der Waals surface area contributed by atoms with Crippen LogP contribution in [0.2, 0.25) is 5.02 Å². The number of benzene rings is 1. The van der Waals surface area contributed by atoms with Gasteiger partial charge in [-0.15, -0.1) is 0 Å². The molecule has 6 nitrogen and oxygen atoms in total. The molecule has 4 rings (SSSR count). The zero-order valence-corrected chi connectivity index (χ0v) is 12.7. The van der Waals surface area contributed by atoms with Gasteiger partial charge in [0.1, 0.15) is 24.8 Å². The van der Waals surface area contributed by atoms with Gasteiger partial charge in [-0.2, -0.15) is 5.10 Å². The molecule has 0 amide bonds. The van der Waals surface area contributed by atoms with Gasteiger partial charge in [-0.3, -0.25) is 0 Å². The number of fused-ring (bicyclic) bond motifs is 1. The van der Waals surface area contributed by atoms with Crippen LogP contribution in [0.3, 0.4) is 0 Å². The Morgan fingerprint density at radius 2 is 2.32 bits per heavy atom. The number of ether oxygens (including phenoxy) is 2. The fourth-order valence-corrected chi connectivity index (χ4v) is 2.85. The molecule has 1 fully saturated rings. The van der Waals surface area contributed by atoms with E-state index in [4.69, 9.17) is 25.5 Å². The second kappa shape index (κ2) is 5.08. The number of hydrogen-bond donors (Lipinski definition) is 0. The molecule has 22 heavy (non-hydrogen) atoms. The topological polar surface area (TPSA) is 62.3 Å². The van der Waals surface area contributed by atoms with Gasteiger partial charge in [-0.25, -0.2) is 9.67 Å². The lowest BCUT2D eigenvalue weighted by molar-refractivity contribution is -0.198. The van der Waals surface area contributed by atoms with Crippen molar-refractivity contribution in [2.24, 2.45) is 0 Å². The largest absolute Gasteiger partial charge is 0.455 e. The first-order valence-corrected chi connectivity index (χ1v) is 7.36. The molecule has 7 heteroatoms. The fourth-order valence-electron chi connectivity index (χ4n) is 2.66. The van der Waals surface area contributed by atoms with Crippen LogP contribution in [-0.4, -0.2) is 27.5 Å². The van der Waals surface area contributed by atoms with Crippen molar-refractivity contribution < 1.29 is 13.9 Å². The maximum Gasteiger partial charge on any atom is 0.249 e. The first-order valence-electron chi connectivity index (χ1n) is 6.98. The number of aromatic nitrogens is 3. The predicted molar refractivity (Wildman–Crippen MR) is 79.4 cm³/mol. The van der Waals surface area contributed by atoms with Crippen molar-refractivity contribution in [3.8, 4) is 0 Å². The zero-order valence-electron chi connectivity index (χ0n) is 11.9. The second-order valence-electron chi connectivity index (χ2n) is 5.38. The van der Waals surface area contributed by atoms with Crippen molar-refractivity contribution in [3.05, 3.63) is 47.7 Å². The lowest BCUT2D eigenvalue weighted by Crippen LogP contribution is -2.33. The molecule has 1 aliphatic heterocycles. The highest BCUT2D eigenvalue weighted by atomic mass is 35.5. The summed E-state index contributed by atoms with van der Waals surface area (Å²) in [4.78, 5) is 3.96. The summed E-state index contributed by atoms with van der Waals surface area (Å²) in [6.45, 7) is 2.82. The highest BCUT2D eigenvalue weighted by Crippen LogP contribution is 2.39. The molecule has 0 saturated carbocycles. The average molecular weight is 320 g/mol. The van der Waals surface area contributed by atoms with Crippen molar-refractivity contribution in [1.29, 1.82) is 0 Å². The van der Waals surface area contributed by atoms with Crippen LogP contribution in [0.15, 0.2) is 41.3 Å². The Morgan fingerprint density at radius 1 is 1.41 bits per heavy atom. The lowest BCUT2D eigenvalue weighted by atomic mass is 10.2. The molecule has 114 valence electrons. The Bertz CT molecular complexity index is 802. The second-order valence-corrected chi connectivity index (χ2v) is 5.81. The van der Waals surface area contributed by atoms with Crippen LogP contribution in [0, 0.1) is 0 Å². The molecule has 0 aliphatic carbocycles. The Hall–Kier alpha value is -1.89. The molecule has 2 aromatic heterocycles. The van der Waals surface area contributed by atoms with Crippen LogP contribution in [0.5, 0.6) is 0 Å². The lowest BCUT2D eigenvalue weighted by Gasteiger charge is -2.25. The van der Waals surface area contributed by atoms with Crippen LogP contribution >= 0.6 is 11.6 Å². The summed E-state index contributed by atoms with van der Waals surface area (Å²) in [5.41, 5.74) is 0.740. The van der Waals surface area contributed by atoms with Gasteiger partial charge in [0.25, 0.3) is 0 Å². The molecular formula is C15H14ClN3O3. The summed E-state index contributed by atoms with van der Waals surface area (Å²) >= 11 is 6.03. The zero-order chi connectivity index (χ0) is 15.2. The van der Waals surface area contributed by atoms with Crippen molar-refractivity contribution in [3.63, 3.8) is 0 Å². The summed E-state index contributed by atoms with van der Waals surface area (Å²) < 4.78 is 19.6. The molecule has 3 aromatic rings. The third-order valence-corrected chi connectivity index (χ3v) is 3.87. The van der Waals surface area contributed by atoms with Gasteiger partial charge in [0.15, 0.2) is 5.76 Å². The number of nitrogens with zero attached hydrogens (tertiary/aromatic N) is 3. The quantitative estimate of drug-likeness (QED) is 0.742. The summed E-state index contributed by atoms with van der Waals surface area (Å²) in [5, 5.41) is 5.69. The summed E-state index contributed by atoms with van der Waals surface area (Å²) in [5.74, 6) is -0.400. The highest BCUT2D eigenvalue weighted by Gasteiger charge is 2.45. The van der Waals surface area contributed by atoms with Crippen LogP contribution in [0.25, 0.3) is 11.0 Å². The van der Waals surface area contributed by atoms with Gasteiger partial charge in [0, 0.05) is 10.4 Å². The third kappa shape index (κ3) is 2.29. The molecule has 1 saturated heterocycles. The molecule has 0 spiro atoms. The van der Waals surface area contributed by atoms with Gasteiger partial charge >= 0.3 is 0 Å². The van der Waals surface area contributed by atoms with Crippen LogP contribution in [-0.2, 0) is 21.8 Å². The van der Waals surface area contributed by atoms with E-state index in [-0.39, 0.29) is 6.10 Å². The van der Waals surface area contributed by atoms with E-state index in [1.807, 2.05) is 25.1 Å². The van der Waals surface area contributed by atoms with Gasteiger partial charge in [0.2, 0.25) is 5.79 Å². The summed E-state index contributed by atoms with van der Waals surface area (Å²) in [7, 11) is 0. The first kappa shape index (κ1) is 13.8. The highest BCUT2D eigenvalue weighted by molar-refractivity contribution is 6.31. The minimum absolute atomic E-state index is 0.0275. The number of hydrogen-bond acceptors (Lipinski definition) is 5. The van der Waals surface area contributed by atoms with Crippen molar-refractivity contribution in [2.75, 3.05) is 6.61 Å². The smallest absolute Gasteiger partial charge is 0.249 e. The number of furan rings is 1. The van der Waals surface area contributed by atoms with E-state index in [9.17, 15) is 0 Å². The monoisotopic (exact) mass is 319 g/mol. The molecule has 0 N–H and O–H groups in total. The predicted octanol–water partition coefficient (Wildman–Crippen LogP) is 2.97. The van der Waals surface area contributed by atoms with E-state index in [0.29, 0.717) is 23.9 Å². The van der Waals surface area contributed by atoms with Gasteiger partial charge < -0.3 is 13.9 Å².